The van der Waals surface area contributed by atoms with E-state index in [9.17, 15) is 9.18 Å². The van der Waals surface area contributed by atoms with Gasteiger partial charge in [-0.05, 0) is 36.8 Å². The monoisotopic (exact) mass is 282 g/mol. The molecule has 5 nitrogen and oxygen atoms in total. The summed E-state index contributed by atoms with van der Waals surface area (Å²) in [5.41, 5.74) is 0.525. The van der Waals surface area contributed by atoms with Crippen molar-refractivity contribution >= 4 is 17.3 Å². The summed E-state index contributed by atoms with van der Waals surface area (Å²) >= 11 is 0.944. The highest BCUT2D eigenvalue weighted by atomic mass is 32.1. The zero-order valence-corrected chi connectivity index (χ0v) is 11.2. The second-order valence-corrected chi connectivity index (χ2v) is 4.55. The van der Waals surface area contributed by atoms with E-state index in [0.29, 0.717) is 11.3 Å². The Morgan fingerprint density at radius 2 is 2.21 bits per heavy atom. The van der Waals surface area contributed by atoms with Gasteiger partial charge in [0.25, 0.3) is 5.19 Å². The average Bonchev–Trinajstić information content (AvgIpc) is 2.83. The summed E-state index contributed by atoms with van der Waals surface area (Å²) in [6.45, 7) is 3.62. The molecule has 0 saturated carbocycles. The van der Waals surface area contributed by atoms with Gasteiger partial charge in [-0.15, -0.1) is 5.10 Å². The highest BCUT2D eigenvalue weighted by Gasteiger charge is 2.15. The van der Waals surface area contributed by atoms with Gasteiger partial charge in [-0.2, -0.15) is 0 Å². The minimum atomic E-state index is -0.551. The molecule has 0 bridgehead atoms. The number of carbonyl (C=O) groups is 1. The molecule has 0 spiro atoms. The maximum atomic E-state index is 13.3. The van der Waals surface area contributed by atoms with Gasteiger partial charge >= 0.3 is 5.97 Å². The number of carbonyl (C=O) groups excluding carboxylic acids is 1. The van der Waals surface area contributed by atoms with Crippen LogP contribution in [0.4, 0.5) is 4.39 Å². The predicted molar refractivity (Wildman–Crippen MR) is 67.1 cm³/mol. The van der Waals surface area contributed by atoms with Crippen LogP contribution in [0.3, 0.4) is 0 Å². The van der Waals surface area contributed by atoms with Crippen molar-refractivity contribution in [1.82, 2.24) is 10.2 Å². The number of hydrogen-bond donors (Lipinski definition) is 0. The number of nitrogens with zero attached hydrogens (tertiary/aromatic N) is 2. The Morgan fingerprint density at radius 1 is 1.42 bits per heavy atom. The number of aryl methyl sites for hydroxylation is 1. The molecule has 0 aliphatic carbocycles. The molecular weight excluding hydrogens is 271 g/mol. The minimum absolute atomic E-state index is 0.101. The predicted octanol–water partition coefficient (Wildman–Crippen LogP) is 2.95. The van der Waals surface area contributed by atoms with E-state index in [0.717, 1.165) is 11.3 Å². The third-order valence-corrected chi connectivity index (χ3v) is 2.99. The number of ether oxygens (including phenoxy) is 2. The van der Waals surface area contributed by atoms with Crippen LogP contribution in [0.5, 0.6) is 10.9 Å². The fraction of sp³-hybridized carbons (Fsp3) is 0.250. The van der Waals surface area contributed by atoms with Gasteiger partial charge in [0.2, 0.25) is 5.01 Å². The molecule has 0 saturated heterocycles. The molecule has 19 heavy (non-hydrogen) atoms. The summed E-state index contributed by atoms with van der Waals surface area (Å²) in [5.74, 6) is -0.618. The summed E-state index contributed by atoms with van der Waals surface area (Å²) in [5, 5.41) is 7.60. The van der Waals surface area contributed by atoms with Crippen molar-refractivity contribution in [2.45, 2.75) is 13.8 Å². The van der Waals surface area contributed by atoms with E-state index in [1.165, 1.54) is 6.07 Å². The van der Waals surface area contributed by atoms with Crippen molar-refractivity contribution in [3.63, 3.8) is 0 Å². The zero-order chi connectivity index (χ0) is 13.8. The first-order chi connectivity index (χ1) is 9.10. The van der Waals surface area contributed by atoms with Crippen molar-refractivity contribution in [2.24, 2.45) is 0 Å². The van der Waals surface area contributed by atoms with Crippen LogP contribution in [0.1, 0.15) is 22.3 Å². The number of aromatic nitrogens is 2. The molecule has 7 heteroatoms. The van der Waals surface area contributed by atoms with Gasteiger partial charge in [0, 0.05) is 6.07 Å². The van der Waals surface area contributed by atoms with Crippen molar-refractivity contribution in [3.8, 4) is 10.9 Å². The second kappa shape index (κ2) is 5.75. The number of rotatable bonds is 4. The normalized spacial score (nSPS) is 10.3. The largest absolute Gasteiger partial charge is 0.461 e. The summed E-state index contributed by atoms with van der Waals surface area (Å²) in [4.78, 5) is 11.4. The van der Waals surface area contributed by atoms with Crippen LogP contribution in [0, 0.1) is 12.7 Å². The Balaban J connectivity index is 2.11. The van der Waals surface area contributed by atoms with E-state index < -0.39 is 5.97 Å². The Bertz CT molecular complexity index is 600. The molecule has 2 rings (SSSR count). The summed E-state index contributed by atoms with van der Waals surface area (Å²) in [7, 11) is 0. The van der Waals surface area contributed by atoms with Crippen molar-refractivity contribution in [2.75, 3.05) is 6.61 Å². The molecule has 100 valence electrons. The lowest BCUT2D eigenvalue weighted by Gasteiger charge is -2.02. The fourth-order valence-corrected chi connectivity index (χ4v) is 1.87. The molecule has 0 fully saturated rings. The molecule has 0 amide bonds. The standard InChI is InChI=1S/C12H11FN2O3S/c1-3-17-11(16)10-14-15-12(19-10)18-8-5-4-7(2)9(13)6-8/h4-6H,3H2,1-2H3. The Hall–Kier alpha value is -2.02. The van der Waals surface area contributed by atoms with Crippen LogP contribution >= 0.6 is 11.3 Å². The minimum Gasteiger partial charge on any atom is -0.461 e. The number of benzene rings is 1. The van der Waals surface area contributed by atoms with Gasteiger partial charge in [0.1, 0.15) is 11.6 Å². The summed E-state index contributed by atoms with van der Waals surface area (Å²) in [6, 6.07) is 4.46. The lowest BCUT2D eigenvalue weighted by Crippen LogP contribution is -2.03. The third kappa shape index (κ3) is 3.25. The van der Waals surface area contributed by atoms with Gasteiger partial charge in [-0.25, -0.2) is 9.18 Å². The van der Waals surface area contributed by atoms with Gasteiger partial charge in [-0.1, -0.05) is 11.2 Å². The Labute approximate surface area is 113 Å². The quantitative estimate of drug-likeness (QED) is 0.807. The molecule has 1 heterocycles. The van der Waals surface area contributed by atoms with E-state index in [1.807, 2.05) is 0 Å². The highest BCUT2D eigenvalue weighted by Crippen LogP contribution is 2.26. The van der Waals surface area contributed by atoms with Crippen molar-refractivity contribution in [1.29, 1.82) is 0 Å². The first-order valence-electron chi connectivity index (χ1n) is 5.54. The first-order valence-corrected chi connectivity index (χ1v) is 6.36. The van der Waals surface area contributed by atoms with E-state index in [1.54, 1.807) is 26.0 Å². The van der Waals surface area contributed by atoms with Crippen molar-refractivity contribution < 1.29 is 18.7 Å². The number of hydrogen-bond acceptors (Lipinski definition) is 6. The lowest BCUT2D eigenvalue weighted by atomic mass is 10.2. The zero-order valence-electron chi connectivity index (χ0n) is 10.3. The van der Waals surface area contributed by atoms with E-state index in [4.69, 9.17) is 9.47 Å². The van der Waals surface area contributed by atoms with Gasteiger partial charge in [-0.3, -0.25) is 0 Å². The SMILES string of the molecule is CCOC(=O)c1nnc(Oc2ccc(C)c(F)c2)s1. The Kier molecular flexibility index (Phi) is 4.06. The first kappa shape index (κ1) is 13.4. The van der Waals surface area contributed by atoms with Crippen LogP contribution in [-0.2, 0) is 4.74 Å². The molecule has 0 aliphatic heterocycles. The van der Waals surface area contributed by atoms with Crippen molar-refractivity contribution in [3.05, 3.63) is 34.6 Å². The molecule has 0 aliphatic rings. The van der Waals surface area contributed by atoms with Crippen LogP contribution < -0.4 is 4.74 Å². The molecule has 1 aromatic heterocycles. The second-order valence-electron chi connectivity index (χ2n) is 3.61. The number of halogens is 1. The lowest BCUT2D eigenvalue weighted by molar-refractivity contribution is 0.0525. The summed E-state index contributed by atoms with van der Waals surface area (Å²) < 4.78 is 23.4. The topological polar surface area (TPSA) is 61.3 Å². The van der Waals surface area contributed by atoms with E-state index >= 15 is 0 Å². The fourth-order valence-electron chi connectivity index (χ4n) is 1.26. The molecule has 2 aromatic rings. The molecule has 0 unspecified atom stereocenters. The third-order valence-electron chi connectivity index (χ3n) is 2.20. The Morgan fingerprint density at radius 3 is 2.89 bits per heavy atom. The van der Waals surface area contributed by atoms with Gasteiger partial charge in [0.05, 0.1) is 6.61 Å². The van der Waals surface area contributed by atoms with Crippen LogP contribution in [0.15, 0.2) is 18.2 Å². The van der Waals surface area contributed by atoms with E-state index in [-0.39, 0.29) is 22.6 Å². The maximum absolute atomic E-state index is 13.3. The maximum Gasteiger partial charge on any atom is 0.369 e. The van der Waals surface area contributed by atoms with E-state index in [2.05, 4.69) is 10.2 Å². The van der Waals surface area contributed by atoms with Crippen LogP contribution in [0.2, 0.25) is 0 Å². The van der Waals surface area contributed by atoms with Crippen LogP contribution in [0.25, 0.3) is 0 Å². The summed E-state index contributed by atoms with van der Waals surface area (Å²) in [6.07, 6.45) is 0. The molecular formula is C12H11FN2O3S. The average molecular weight is 282 g/mol. The molecule has 0 atom stereocenters. The molecule has 0 radical (unpaired) electrons. The number of esters is 1. The van der Waals surface area contributed by atoms with Gasteiger partial charge in [0.15, 0.2) is 0 Å². The molecule has 0 N–H and O–H groups in total. The van der Waals surface area contributed by atoms with Crippen LogP contribution in [-0.4, -0.2) is 22.8 Å². The molecule has 1 aromatic carbocycles. The van der Waals surface area contributed by atoms with Gasteiger partial charge < -0.3 is 9.47 Å². The highest BCUT2D eigenvalue weighted by molar-refractivity contribution is 7.14. The smallest absolute Gasteiger partial charge is 0.369 e.